The quantitative estimate of drug-likeness (QED) is 0.818. The van der Waals surface area contributed by atoms with Gasteiger partial charge in [0.2, 0.25) is 10.0 Å². The van der Waals surface area contributed by atoms with E-state index in [4.69, 9.17) is 0 Å². The molecule has 0 amide bonds. The summed E-state index contributed by atoms with van der Waals surface area (Å²) in [5, 5.41) is 3.64. The summed E-state index contributed by atoms with van der Waals surface area (Å²) in [5.74, 6) is 1.63. The molecule has 4 nitrogen and oxygen atoms in total. The van der Waals surface area contributed by atoms with Crippen LogP contribution in [0, 0.1) is 17.3 Å². The van der Waals surface area contributed by atoms with Crippen molar-refractivity contribution >= 4 is 10.0 Å². The Morgan fingerprint density at radius 2 is 1.80 bits per heavy atom. The molecule has 0 spiro atoms. The predicted octanol–water partition coefficient (Wildman–Crippen LogP) is 2.12. The van der Waals surface area contributed by atoms with Crippen LogP contribution >= 0.6 is 0 Å². The molecule has 0 aromatic heterocycles. The van der Waals surface area contributed by atoms with Crippen molar-refractivity contribution in [3.63, 3.8) is 0 Å². The topological polar surface area (TPSA) is 58.2 Å². The van der Waals surface area contributed by atoms with Gasteiger partial charge in [-0.3, -0.25) is 0 Å². The number of nitrogens with one attached hydrogen (secondary N) is 2. The van der Waals surface area contributed by atoms with Crippen LogP contribution in [0.4, 0.5) is 0 Å². The molecule has 0 bridgehead atoms. The largest absolute Gasteiger partial charge is 0.311 e. The highest BCUT2D eigenvalue weighted by atomic mass is 32.2. The van der Waals surface area contributed by atoms with Crippen molar-refractivity contribution in [3.05, 3.63) is 0 Å². The molecule has 2 aliphatic rings. The molecule has 2 fully saturated rings. The van der Waals surface area contributed by atoms with Gasteiger partial charge in [0.05, 0.1) is 6.26 Å². The van der Waals surface area contributed by atoms with Crippen LogP contribution in [0.2, 0.25) is 0 Å². The van der Waals surface area contributed by atoms with E-state index in [1.807, 2.05) is 13.8 Å². The first-order valence-electron chi connectivity index (χ1n) is 7.75. The lowest BCUT2D eigenvalue weighted by molar-refractivity contribution is -0.0887. The summed E-state index contributed by atoms with van der Waals surface area (Å²) in [7, 11) is -3.16. The molecule has 118 valence electrons. The predicted molar refractivity (Wildman–Crippen MR) is 83.1 cm³/mol. The summed E-state index contributed by atoms with van der Waals surface area (Å²) in [6, 6.07) is 0.522. The second kappa shape index (κ2) is 5.25. The fraction of sp³-hybridized carbons (Fsp3) is 1.00. The van der Waals surface area contributed by atoms with Gasteiger partial charge in [0.15, 0.2) is 0 Å². The van der Waals surface area contributed by atoms with E-state index in [-0.39, 0.29) is 0 Å². The smallest absolute Gasteiger partial charge is 0.209 e. The van der Waals surface area contributed by atoms with Crippen LogP contribution in [0.25, 0.3) is 0 Å². The lowest BCUT2D eigenvalue weighted by Crippen LogP contribution is -2.67. The Hall–Kier alpha value is -0.130. The molecule has 0 aromatic carbocycles. The van der Waals surface area contributed by atoms with E-state index in [1.165, 1.54) is 31.9 Å². The summed E-state index contributed by atoms with van der Waals surface area (Å²) in [4.78, 5) is 0. The van der Waals surface area contributed by atoms with Gasteiger partial charge < -0.3 is 5.32 Å². The maximum absolute atomic E-state index is 11.4. The summed E-state index contributed by atoms with van der Waals surface area (Å²) in [6.45, 7) is 9.26. The van der Waals surface area contributed by atoms with E-state index in [0.29, 0.717) is 18.0 Å². The van der Waals surface area contributed by atoms with Crippen LogP contribution in [0.5, 0.6) is 0 Å². The van der Waals surface area contributed by atoms with E-state index < -0.39 is 15.6 Å². The number of fused-ring (bicyclic) bond motifs is 1. The van der Waals surface area contributed by atoms with Crippen LogP contribution in [0.1, 0.15) is 53.4 Å². The Labute approximate surface area is 124 Å². The summed E-state index contributed by atoms with van der Waals surface area (Å²) >= 11 is 0. The van der Waals surface area contributed by atoms with Crippen molar-refractivity contribution in [2.24, 2.45) is 17.3 Å². The van der Waals surface area contributed by atoms with E-state index in [0.717, 1.165) is 11.8 Å². The molecule has 2 rings (SSSR count). The van der Waals surface area contributed by atoms with Crippen molar-refractivity contribution in [1.82, 2.24) is 10.0 Å². The minimum Gasteiger partial charge on any atom is -0.311 e. The lowest BCUT2D eigenvalue weighted by Gasteiger charge is -2.61. The second-order valence-corrected chi connectivity index (χ2v) is 9.74. The molecular formula is C15H30N2O2S. The first kappa shape index (κ1) is 16.2. The molecule has 0 radical (unpaired) electrons. The van der Waals surface area contributed by atoms with Crippen LogP contribution in [0.15, 0.2) is 0 Å². The fourth-order valence-electron chi connectivity index (χ4n) is 4.46. The molecule has 0 heterocycles. The normalized spacial score (nSPS) is 33.4. The van der Waals surface area contributed by atoms with Gasteiger partial charge in [0, 0.05) is 18.1 Å². The third-order valence-corrected chi connectivity index (χ3v) is 6.15. The average Bonchev–Trinajstić information content (AvgIpc) is 2.25. The lowest BCUT2D eigenvalue weighted by atomic mass is 9.47. The highest BCUT2D eigenvalue weighted by Crippen LogP contribution is 2.57. The average molecular weight is 302 g/mol. The highest BCUT2D eigenvalue weighted by molar-refractivity contribution is 7.88. The highest BCUT2D eigenvalue weighted by Gasteiger charge is 2.56. The third kappa shape index (κ3) is 3.37. The Balaban J connectivity index is 1.93. The maximum Gasteiger partial charge on any atom is 0.209 e. The zero-order valence-electron chi connectivity index (χ0n) is 13.5. The van der Waals surface area contributed by atoms with Gasteiger partial charge in [0.25, 0.3) is 0 Å². The molecule has 3 atom stereocenters. The van der Waals surface area contributed by atoms with Gasteiger partial charge in [-0.1, -0.05) is 26.7 Å². The minimum absolute atomic E-state index is 0.340. The van der Waals surface area contributed by atoms with Gasteiger partial charge >= 0.3 is 0 Å². The molecule has 0 aliphatic heterocycles. The molecule has 20 heavy (non-hydrogen) atoms. The first-order chi connectivity index (χ1) is 9.03. The fourth-order valence-corrected chi connectivity index (χ4v) is 5.54. The van der Waals surface area contributed by atoms with E-state index >= 15 is 0 Å². The van der Waals surface area contributed by atoms with Crippen LogP contribution in [0.3, 0.4) is 0 Å². The second-order valence-electron chi connectivity index (χ2n) is 7.99. The molecular weight excluding hydrogens is 272 g/mol. The van der Waals surface area contributed by atoms with Crippen LogP contribution in [-0.4, -0.2) is 32.8 Å². The summed E-state index contributed by atoms with van der Waals surface area (Å²) in [5.41, 5.74) is -0.102. The zero-order chi connectivity index (χ0) is 15.2. The van der Waals surface area contributed by atoms with Gasteiger partial charge in [-0.05, 0) is 43.9 Å². The van der Waals surface area contributed by atoms with E-state index in [9.17, 15) is 8.42 Å². The van der Waals surface area contributed by atoms with E-state index in [1.54, 1.807) is 0 Å². The molecule has 2 aliphatic carbocycles. The number of rotatable bonds is 5. The standard InChI is InChI=1S/C15H30N2O2S/c1-14(2,17-20(5,18)19)10-16-13-11-8-6-7-9-12(11)15(13,3)4/h11-13,16-17H,6-10H2,1-5H3/t11-,12+,13?/m1/s1. The number of hydrogen-bond donors (Lipinski definition) is 2. The Bertz CT molecular complexity index is 456. The zero-order valence-corrected chi connectivity index (χ0v) is 14.3. The van der Waals surface area contributed by atoms with Crippen molar-refractivity contribution < 1.29 is 8.42 Å². The van der Waals surface area contributed by atoms with Gasteiger partial charge in [-0.15, -0.1) is 0 Å². The Morgan fingerprint density at radius 1 is 1.20 bits per heavy atom. The minimum atomic E-state index is -3.16. The maximum atomic E-state index is 11.4. The monoisotopic (exact) mass is 302 g/mol. The Morgan fingerprint density at radius 3 is 2.40 bits per heavy atom. The van der Waals surface area contributed by atoms with Crippen molar-refractivity contribution in [1.29, 1.82) is 0 Å². The summed E-state index contributed by atoms with van der Waals surface area (Å²) < 4.78 is 25.5. The van der Waals surface area contributed by atoms with E-state index in [2.05, 4.69) is 23.9 Å². The third-order valence-electron chi connectivity index (χ3n) is 5.23. The molecule has 0 saturated heterocycles. The number of hydrogen-bond acceptors (Lipinski definition) is 3. The molecule has 1 unspecified atom stereocenters. The summed E-state index contributed by atoms with van der Waals surface area (Å²) in [6.07, 6.45) is 6.63. The molecule has 2 N–H and O–H groups in total. The van der Waals surface area contributed by atoms with Gasteiger partial charge in [0.1, 0.15) is 0 Å². The van der Waals surface area contributed by atoms with Gasteiger partial charge in [-0.2, -0.15) is 0 Å². The first-order valence-corrected chi connectivity index (χ1v) is 9.64. The van der Waals surface area contributed by atoms with Crippen molar-refractivity contribution in [2.75, 3.05) is 12.8 Å². The van der Waals surface area contributed by atoms with Crippen molar-refractivity contribution in [2.45, 2.75) is 65.0 Å². The van der Waals surface area contributed by atoms with Crippen LogP contribution < -0.4 is 10.0 Å². The Kier molecular flexibility index (Phi) is 4.27. The number of sulfonamides is 1. The molecule has 2 saturated carbocycles. The molecule has 0 aromatic rings. The SMILES string of the molecule is CC(C)(CNC1[C@@H]2CCCC[C@@H]2C1(C)C)NS(C)(=O)=O. The van der Waals surface area contributed by atoms with Gasteiger partial charge in [-0.25, -0.2) is 13.1 Å². The molecule has 5 heteroatoms. The van der Waals surface area contributed by atoms with Crippen LogP contribution in [-0.2, 0) is 10.0 Å². The van der Waals surface area contributed by atoms with Crippen molar-refractivity contribution in [3.8, 4) is 0 Å².